The quantitative estimate of drug-likeness (QED) is 0.523. The molecular formula is C25H33ClF2N6O3. The zero-order valence-corrected chi connectivity index (χ0v) is 22.4. The van der Waals surface area contributed by atoms with Crippen molar-refractivity contribution in [1.82, 2.24) is 24.8 Å². The lowest BCUT2D eigenvalue weighted by Crippen LogP contribution is -2.43. The number of rotatable bonds is 5. The zero-order valence-electron chi connectivity index (χ0n) is 21.6. The molecule has 3 fully saturated rings. The van der Waals surface area contributed by atoms with Crippen molar-refractivity contribution >= 4 is 34.4 Å². The average Bonchev–Trinajstić information content (AvgIpc) is 3.53. The van der Waals surface area contributed by atoms with Crippen LogP contribution < -0.4 is 9.64 Å². The van der Waals surface area contributed by atoms with Crippen LogP contribution in [0.1, 0.15) is 46.5 Å². The first-order valence-electron chi connectivity index (χ1n) is 12.7. The van der Waals surface area contributed by atoms with Crippen LogP contribution in [0.15, 0.2) is 6.20 Å². The number of amides is 1. The second kappa shape index (κ2) is 9.65. The van der Waals surface area contributed by atoms with Crippen molar-refractivity contribution < 1.29 is 23.0 Å². The normalized spacial score (nSPS) is 26.1. The van der Waals surface area contributed by atoms with Gasteiger partial charge >= 0.3 is 12.1 Å². The van der Waals surface area contributed by atoms with Gasteiger partial charge in [0.15, 0.2) is 11.0 Å². The van der Waals surface area contributed by atoms with Gasteiger partial charge in [0.25, 0.3) is 0 Å². The third kappa shape index (κ3) is 5.12. The molecule has 12 heteroatoms. The van der Waals surface area contributed by atoms with E-state index in [0.717, 1.165) is 19.4 Å². The summed E-state index contributed by atoms with van der Waals surface area (Å²) in [6, 6.07) is -0.0932. The van der Waals surface area contributed by atoms with E-state index in [1.54, 1.807) is 4.90 Å². The fourth-order valence-electron chi connectivity index (χ4n) is 5.70. The average molecular weight is 539 g/mol. The molecule has 1 amide bonds. The van der Waals surface area contributed by atoms with Crippen molar-refractivity contribution in [1.29, 1.82) is 0 Å². The van der Waals surface area contributed by atoms with Gasteiger partial charge in [-0.2, -0.15) is 9.97 Å². The maximum Gasteiger partial charge on any atom is 0.410 e. The van der Waals surface area contributed by atoms with Crippen molar-refractivity contribution in [3.8, 4) is 6.01 Å². The highest BCUT2D eigenvalue weighted by Crippen LogP contribution is 2.40. The van der Waals surface area contributed by atoms with Gasteiger partial charge in [0.1, 0.15) is 29.7 Å². The van der Waals surface area contributed by atoms with E-state index in [2.05, 4.69) is 19.9 Å². The predicted molar refractivity (Wildman–Crippen MR) is 135 cm³/mol. The Morgan fingerprint density at radius 3 is 2.84 bits per heavy atom. The molecule has 202 valence electrons. The molecule has 0 aromatic carbocycles. The number of aromatic nitrogens is 3. The van der Waals surface area contributed by atoms with Crippen LogP contribution >= 0.6 is 11.6 Å². The molecule has 5 rings (SSSR count). The van der Waals surface area contributed by atoms with E-state index in [9.17, 15) is 9.18 Å². The van der Waals surface area contributed by atoms with Crippen LogP contribution in [0.25, 0.3) is 10.9 Å². The van der Waals surface area contributed by atoms with E-state index in [1.807, 2.05) is 32.7 Å². The fourth-order valence-corrected chi connectivity index (χ4v) is 5.84. The summed E-state index contributed by atoms with van der Waals surface area (Å²) in [4.78, 5) is 31.2. The Labute approximate surface area is 220 Å². The van der Waals surface area contributed by atoms with Crippen molar-refractivity contribution in [2.24, 2.45) is 0 Å². The summed E-state index contributed by atoms with van der Waals surface area (Å²) in [5.74, 6) is -0.331. The molecule has 0 spiro atoms. The molecule has 0 bridgehead atoms. The standard InChI is InChI=1S/C25H33ClF2N6O3/c1-24(2,3)37-23(35)33-9-6-16(13-33)32(4)21-17-11-29-20(26)18(28)19(17)30-22(31-21)36-14-25-7-5-8-34(25)12-15(27)10-25/h11,15-16H,5-10,12-14H2,1-4H3/t15-,16-,25+/m1/s1. The molecule has 0 saturated carbocycles. The van der Waals surface area contributed by atoms with Gasteiger partial charge in [0.05, 0.1) is 10.9 Å². The van der Waals surface area contributed by atoms with Gasteiger partial charge in [0, 0.05) is 45.3 Å². The molecule has 3 aliphatic heterocycles. The third-order valence-corrected chi connectivity index (χ3v) is 7.79. The SMILES string of the molecule is CN(c1nc(OC[C@@]23CCCN2C[C@H](F)C3)nc2c(F)c(Cl)ncc12)[C@@H]1CCN(C(=O)OC(C)(C)C)C1. The summed E-state index contributed by atoms with van der Waals surface area (Å²) in [5.41, 5.74) is -0.976. The second-order valence-electron chi connectivity index (χ2n) is 11.3. The number of anilines is 1. The first-order valence-corrected chi connectivity index (χ1v) is 13.1. The Morgan fingerprint density at radius 1 is 1.30 bits per heavy atom. The number of halogens is 3. The van der Waals surface area contributed by atoms with E-state index < -0.39 is 23.1 Å². The molecule has 37 heavy (non-hydrogen) atoms. The molecule has 0 radical (unpaired) electrons. The molecule has 3 aliphatic rings. The molecule has 2 aromatic heterocycles. The number of fused-ring (bicyclic) bond motifs is 2. The number of hydrogen-bond donors (Lipinski definition) is 0. The number of likely N-dealkylation sites (tertiary alicyclic amines) is 1. The summed E-state index contributed by atoms with van der Waals surface area (Å²) in [7, 11) is 1.84. The first kappa shape index (κ1) is 26.1. The van der Waals surface area contributed by atoms with Crippen molar-refractivity contribution in [3.63, 3.8) is 0 Å². The number of likely N-dealkylation sites (N-methyl/N-ethyl adjacent to an activating group) is 1. The van der Waals surface area contributed by atoms with E-state index in [-0.39, 0.29) is 35.4 Å². The van der Waals surface area contributed by atoms with E-state index >= 15 is 4.39 Å². The first-order chi connectivity index (χ1) is 17.5. The Bertz CT molecular complexity index is 1200. The van der Waals surface area contributed by atoms with Gasteiger partial charge in [-0.15, -0.1) is 0 Å². The third-order valence-electron chi connectivity index (χ3n) is 7.53. The lowest BCUT2D eigenvalue weighted by Gasteiger charge is -2.31. The number of alkyl halides is 1. The molecule has 3 saturated heterocycles. The molecular weight excluding hydrogens is 506 g/mol. The van der Waals surface area contributed by atoms with Crippen LogP contribution in [0.2, 0.25) is 5.15 Å². The minimum absolute atomic E-state index is 0.000968. The van der Waals surface area contributed by atoms with Crippen molar-refractivity contribution in [3.05, 3.63) is 17.2 Å². The summed E-state index contributed by atoms with van der Waals surface area (Å²) in [6.07, 6.45) is 3.08. The van der Waals surface area contributed by atoms with Gasteiger partial charge < -0.3 is 19.3 Å². The van der Waals surface area contributed by atoms with Crippen molar-refractivity contribution in [2.45, 2.75) is 69.8 Å². The van der Waals surface area contributed by atoms with Gasteiger partial charge in [-0.25, -0.2) is 18.6 Å². The highest BCUT2D eigenvalue weighted by Gasteiger charge is 2.49. The maximum atomic E-state index is 15.0. The Kier molecular flexibility index (Phi) is 6.81. The lowest BCUT2D eigenvalue weighted by molar-refractivity contribution is 0.0292. The van der Waals surface area contributed by atoms with Crippen LogP contribution in [0.5, 0.6) is 6.01 Å². The number of carbonyl (C=O) groups is 1. The number of carbonyl (C=O) groups excluding carboxylic acids is 1. The number of hydrogen-bond acceptors (Lipinski definition) is 8. The summed E-state index contributed by atoms with van der Waals surface area (Å²) >= 11 is 5.97. The Balaban J connectivity index is 1.41. The van der Waals surface area contributed by atoms with Crippen LogP contribution in [-0.2, 0) is 4.74 Å². The topological polar surface area (TPSA) is 83.9 Å². The summed E-state index contributed by atoms with van der Waals surface area (Å²) < 4.78 is 40.8. The number of nitrogens with zero attached hydrogens (tertiary/aromatic N) is 6. The van der Waals surface area contributed by atoms with Crippen molar-refractivity contribution in [2.75, 3.05) is 44.7 Å². The van der Waals surface area contributed by atoms with Gasteiger partial charge in [-0.05, 0) is 46.6 Å². The molecule has 0 unspecified atom stereocenters. The largest absolute Gasteiger partial charge is 0.461 e. The highest BCUT2D eigenvalue weighted by molar-refractivity contribution is 6.30. The molecule has 3 atom stereocenters. The van der Waals surface area contributed by atoms with E-state index in [4.69, 9.17) is 21.1 Å². The fraction of sp³-hybridized carbons (Fsp3) is 0.680. The highest BCUT2D eigenvalue weighted by atomic mass is 35.5. The minimum Gasteiger partial charge on any atom is -0.461 e. The van der Waals surface area contributed by atoms with Crippen LogP contribution in [0, 0.1) is 5.82 Å². The monoisotopic (exact) mass is 538 g/mol. The maximum absolute atomic E-state index is 15.0. The summed E-state index contributed by atoms with van der Waals surface area (Å²) in [5, 5.41) is 0.0946. The van der Waals surface area contributed by atoms with Crippen LogP contribution in [0.4, 0.5) is 19.4 Å². The molecule has 0 aliphatic carbocycles. The van der Waals surface area contributed by atoms with Crippen LogP contribution in [0.3, 0.4) is 0 Å². The second-order valence-corrected chi connectivity index (χ2v) is 11.7. The summed E-state index contributed by atoms with van der Waals surface area (Å²) in [6.45, 7) is 7.90. The van der Waals surface area contributed by atoms with Gasteiger partial charge in [0.2, 0.25) is 0 Å². The lowest BCUT2D eigenvalue weighted by atomic mass is 9.95. The molecule has 2 aromatic rings. The number of ether oxygens (including phenoxy) is 2. The van der Waals surface area contributed by atoms with Gasteiger partial charge in [-0.1, -0.05) is 11.6 Å². The predicted octanol–water partition coefficient (Wildman–Crippen LogP) is 4.22. The molecule has 5 heterocycles. The zero-order chi connectivity index (χ0) is 26.5. The molecule has 0 N–H and O–H groups in total. The van der Waals surface area contributed by atoms with E-state index in [0.29, 0.717) is 43.7 Å². The van der Waals surface area contributed by atoms with Crippen LogP contribution in [-0.4, -0.2) is 94.0 Å². The Morgan fingerprint density at radius 2 is 2.08 bits per heavy atom. The molecule has 9 nitrogen and oxygen atoms in total. The van der Waals surface area contributed by atoms with E-state index in [1.165, 1.54) is 6.20 Å². The smallest absolute Gasteiger partial charge is 0.410 e. The Hall–Kier alpha value is -2.53. The van der Waals surface area contributed by atoms with Gasteiger partial charge in [-0.3, -0.25) is 4.90 Å². The number of pyridine rings is 1. The minimum atomic E-state index is -0.888.